The Morgan fingerprint density at radius 3 is 2.35 bits per heavy atom. The number of likely N-dealkylation sites (tertiary alicyclic amines) is 2. The van der Waals surface area contributed by atoms with Crippen LogP contribution in [0, 0.1) is 11.3 Å². The predicted octanol–water partition coefficient (Wildman–Crippen LogP) is 3.28. The maximum absolute atomic E-state index is 11.4. The first-order chi connectivity index (χ1) is 9.38. The Balaban J connectivity index is 1.95. The first-order valence-corrected chi connectivity index (χ1v) is 8.10. The van der Waals surface area contributed by atoms with Crippen molar-refractivity contribution in [3.05, 3.63) is 0 Å². The summed E-state index contributed by atoms with van der Waals surface area (Å²) in [5.74, 6) is 0.660. The van der Waals surface area contributed by atoms with Gasteiger partial charge in [-0.1, -0.05) is 27.2 Å². The summed E-state index contributed by atoms with van der Waals surface area (Å²) in [6, 6.07) is 0.156. The van der Waals surface area contributed by atoms with Gasteiger partial charge in [-0.3, -0.25) is 0 Å². The van der Waals surface area contributed by atoms with Crippen LogP contribution in [-0.2, 0) is 0 Å². The molecule has 0 spiro atoms. The van der Waals surface area contributed by atoms with E-state index in [1.165, 1.54) is 38.9 Å². The van der Waals surface area contributed by atoms with Gasteiger partial charge >= 0.3 is 6.09 Å². The van der Waals surface area contributed by atoms with Crippen LogP contribution in [-0.4, -0.2) is 53.2 Å². The fourth-order valence-electron chi connectivity index (χ4n) is 3.76. The molecule has 2 saturated heterocycles. The second-order valence-electron chi connectivity index (χ2n) is 7.61. The molecule has 4 heteroatoms. The molecule has 0 aliphatic carbocycles. The van der Waals surface area contributed by atoms with Gasteiger partial charge in [0, 0.05) is 19.1 Å². The monoisotopic (exact) mass is 282 g/mol. The van der Waals surface area contributed by atoms with E-state index in [2.05, 4.69) is 25.7 Å². The second-order valence-corrected chi connectivity index (χ2v) is 7.61. The molecular weight excluding hydrogens is 252 g/mol. The molecule has 2 unspecified atom stereocenters. The van der Waals surface area contributed by atoms with Gasteiger partial charge in [0.2, 0.25) is 0 Å². The number of piperidine rings is 2. The lowest BCUT2D eigenvalue weighted by Gasteiger charge is -2.45. The lowest BCUT2D eigenvalue weighted by Crippen LogP contribution is -2.53. The molecule has 0 saturated carbocycles. The lowest BCUT2D eigenvalue weighted by molar-refractivity contribution is 0.0307. The minimum Gasteiger partial charge on any atom is -0.465 e. The van der Waals surface area contributed by atoms with Crippen LogP contribution in [0.25, 0.3) is 0 Å². The Bertz CT molecular complexity index is 332. The van der Waals surface area contributed by atoms with Crippen molar-refractivity contribution in [1.82, 2.24) is 9.80 Å². The van der Waals surface area contributed by atoms with E-state index >= 15 is 0 Å². The number of carboxylic acid groups (broad SMARTS) is 1. The van der Waals surface area contributed by atoms with Gasteiger partial charge in [-0.2, -0.15) is 0 Å². The van der Waals surface area contributed by atoms with E-state index < -0.39 is 6.09 Å². The molecule has 2 atom stereocenters. The Labute approximate surface area is 123 Å². The molecule has 20 heavy (non-hydrogen) atoms. The third-order valence-electron chi connectivity index (χ3n) is 4.92. The SMILES string of the molecule is CC(C)(C)C1CC(CN2CCCCC2)CCN1C(=O)O. The summed E-state index contributed by atoms with van der Waals surface area (Å²) in [7, 11) is 0. The zero-order chi connectivity index (χ0) is 14.8. The first kappa shape index (κ1) is 15.6. The van der Waals surface area contributed by atoms with E-state index in [-0.39, 0.29) is 11.5 Å². The molecule has 2 aliphatic rings. The predicted molar refractivity (Wildman–Crippen MR) is 81.0 cm³/mol. The van der Waals surface area contributed by atoms with Crippen LogP contribution in [0.3, 0.4) is 0 Å². The largest absolute Gasteiger partial charge is 0.465 e. The number of hydrogen-bond acceptors (Lipinski definition) is 2. The molecule has 1 N–H and O–H groups in total. The summed E-state index contributed by atoms with van der Waals surface area (Å²) in [5, 5.41) is 9.40. The minimum absolute atomic E-state index is 0.0267. The van der Waals surface area contributed by atoms with Crippen LogP contribution >= 0.6 is 0 Å². The molecule has 0 aromatic heterocycles. The average molecular weight is 282 g/mol. The van der Waals surface area contributed by atoms with Crippen LogP contribution in [0.15, 0.2) is 0 Å². The maximum Gasteiger partial charge on any atom is 0.407 e. The fourth-order valence-corrected chi connectivity index (χ4v) is 3.76. The van der Waals surface area contributed by atoms with Crippen LogP contribution in [0.5, 0.6) is 0 Å². The molecule has 2 aliphatic heterocycles. The fraction of sp³-hybridized carbons (Fsp3) is 0.938. The van der Waals surface area contributed by atoms with Gasteiger partial charge in [0.05, 0.1) is 0 Å². The number of carbonyl (C=O) groups is 1. The standard InChI is InChI=1S/C16H30N2O2/c1-16(2,3)14-11-13(7-10-18(14)15(19)20)12-17-8-5-4-6-9-17/h13-14H,4-12H2,1-3H3,(H,19,20). The summed E-state index contributed by atoms with van der Waals surface area (Å²) in [6.45, 7) is 10.8. The van der Waals surface area contributed by atoms with Gasteiger partial charge < -0.3 is 14.9 Å². The summed E-state index contributed by atoms with van der Waals surface area (Å²) < 4.78 is 0. The summed E-state index contributed by atoms with van der Waals surface area (Å²) in [5.41, 5.74) is 0.0267. The number of amides is 1. The van der Waals surface area contributed by atoms with Crippen molar-refractivity contribution in [3.8, 4) is 0 Å². The Morgan fingerprint density at radius 2 is 1.80 bits per heavy atom. The smallest absolute Gasteiger partial charge is 0.407 e. The third-order valence-corrected chi connectivity index (χ3v) is 4.92. The molecule has 0 bridgehead atoms. The van der Waals surface area contributed by atoms with Crippen LogP contribution < -0.4 is 0 Å². The Kier molecular flexibility index (Phi) is 4.95. The molecule has 2 heterocycles. The molecule has 116 valence electrons. The Hall–Kier alpha value is -0.770. The minimum atomic E-state index is -0.749. The molecule has 2 rings (SSSR count). The maximum atomic E-state index is 11.4. The van der Waals surface area contributed by atoms with Crippen molar-refractivity contribution < 1.29 is 9.90 Å². The molecule has 1 amide bonds. The molecular formula is C16H30N2O2. The van der Waals surface area contributed by atoms with Crippen molar-refractivity contribution in [2.75, 3.05) is 26.2 Å². The van der Waals surface area contributed by atoms with E-state index in [0.717, 1.165) is 12.8 Å². The zero-order valence-electron chi connectivity index (χ0n) is 13.3. The highest BCUT2D eigenvalue weighted by Crippen LogP contribution is 2.35. The van der Waals surface area contributed by atoms with Gasteiger partial charge in [-0.25, -0.2) is 4.79 Å². The topological polar surface area (TPSA) is 43.8 Å². The molecule has 4 nitrogen and oxygen atoms in total. The Morgan fingerprint density at radius 1 is 1.15 bits per heavy atom. The van der Waals surface area contributed by atoms with E-state index in [1.807, 2.05) is 0 Å². The van der Waals surface area contributed by atoms with Gasteiger partial charge in [0.1, 0.15) is 0 Å². The van der Waals surface area contributed by atoms with Crippen molar-refractivity contribution in [2.24, 2.45) is 11.3 Å². The van der Waals surface area contributed by atoms with Crippen molar-refractivity contribution in [2.45, 2.75) is 58.9 Å². The van der Waals surface area contributed by atoms with Crippen molar-refractivity contribution in [1.29, 1.82) is 0 Å². The number of nitrogens with zero attached hydrogens (tertiary/aromatic N) is 2. The van der Waals surface area contributed by atoms with Crippen LogP contribution in [0.2, 0.25) is 0 Å². The second kappa shape index (κ2) is 6.33. The lowest BCUT2D eigenvalue weighted by atomic mass is 9.77. The average Bonchev–Trinajstić information content (AvgIpc) is 2.38. The third kappa shape index (κ3) is 3.87. The molecule has 0 aromatic carbocycles. The molecule has 2 fully saturated rings. The number of rotatable bonds is 2. The van der Waals surface area contributed by atoms with E-state index in [1.54, 1.807) is 4.90 Å². The van der Waals surface area contributed by atoms with Crippen molar-refractivity contribution in [3.63, 3.8) is 0 Å². The summed E-state index contributed by atoms with van der Waals surface area (Å²) >= 11 is 0. The molecule has 0 aromatic rings. The van der Waals surface area contributed by atoms with Gasteiger partial charge in [-0.15, -0.1) is 0 Å². The number of hydrogen-bond donors (Lipinski definition) is 1. The highest BCUT2D eigenvalue weighted by molar-refractivity contribution is 5.65. The van der Waals surface area contributed by atoms with E-state index in [9.17, 15) is 9.90 Å². The quantitative estimate of drug-likeness (QED) is 0.845. The van der Waals surface area contributed by atoms with E-state index in [0.29, 0.717) is 12.5 Å². The van der Waals surface area contributed by atoms with Gasteiger partial charge in [0.25, 0.3) is 0 Å². The first-order valence-electron chi connectivity index (χ1n) is 8.10. The summed E-state index contributed by atoms with van der Waals surface area (Å²) in [6.07, 6.45) is 5.33. The normalized spacial score (nSPS) is 29.4. The van der Waals surface area contributed by atoms with Crippen LogP contribution in [0.1, 0.15) is 52.9 Å². The zero-order valence-corrected chi connectivity index (χ0v) is 13.3. The summed E-state index contributed by atoms with van der Waals surface area (Å²) in [4.78, 5) is 15.7. The van der Waals surface area contributed by atoms with Crippen LogP contribution in [0.4, 0.5) is 4.79 Å². The highest BCUT2D eigenvalue weighted by Gasteiger charge is 2.38. The van der Waals surface area contributed by atoms with E-state index in [4.69, 9.17) is 0 Å². The van der Waals surface area contributed by atoms with Gasteiger partial charge in [-0.05, 0) is 50.1 Å². The van der Waals surface area contributed by atoms with Gasteiger partial charge in [0.15, 0.2) is 0 Å². The van der Waals surface area contributed by atoms with Crippen molar-refractivity contribution >= 4 is 6.09 Å². The molecule has 0 radical (unpaired) electrons. The highest BCUT2D eigenvalue weighted by atomic mass is 16.4.